The van der Waals surface area contributed by atoms with Crippen molar-refractivity contribution in [3.05, 3.63) is 33.8 Å². The molecule has 0 radical (unpaired) electrons. The summed E-state index contributed by atoms with van der Waals surface area (Å²) >= 11 is 1.87. The summed E-state index contributed by atoms with van der Waals surface area (Å²) in [5.74, 6) is 3.23. The second kappa shape index (κ2) is 6.02. The van der Waals surface area contributed by atoms with Crippen molar-refractivity contribution < 1.29 is 0 Å². The summed E-state index contributed by atoms with van der Waals surface area (Å²) in [5.41, 5.74) is 1.45. The predicted molar refractivity (Wildman–Crippen MR) is 89.4 cm³/mol. The molecule has 0 bridgehead atoms. The summed E-state index contributed by atoms with van der Waals surface area (Å²) in [6, 6.07) is 4.31. The molecule has 0 spiro atoms. The summed E-state index contributed by atoms with van der Waals surface area (Å²) in [6.45, 7) is 9.24. The first kappa shape index (κ1) is 14.3. The molecule has 0 saturated carbocycles. The van der Waals surface area contributed by atoms with Gasteiger partial charge in [-0.1, -0.05) is 13.8 Å². The van der Waals surface area contributed by atoms with Crippen molar-refractivity contribution in [3.8, 4) is 0 Å². The Labute approximate surface area is 130 Å². The summed E-state index contributed by atoms with van der Waals surface area (Å²) in [4.78, 5) is 13.3. The van der Waals surface area contributed by atoms with E-state index in [1.165, 1.54) is 10.4 Å². The van der Waals surface area contributed by atoms with Gasteiger partial charge in [0.1, 0.15) is 17.5 Å². The minimum atomic E-state index is 0.337. The van der Waals surface area contributed by atoms with Gasteiger partial charge < -0.3 is 10.2 Å². The van der Waals surface area contributed by atoms with E-state index in [9.17, 15) is 0 Å². The number of anilines is 2. The molecule has 1 aliphatic rings. The molecule has 3 rings (SSSR count). The average Bonchev–Trinajstić information content (AvgIpc) is 2.94. The topological polar surface area (TPSA) is 41.0 Å². The molecule has 1 N–H and O–H groups in total. The molecule has 0 atom stereocenters. The van der Waals surface area contributed by atoms with Gasteiger partial charge in [-0.05, 0) is 30.4 Å². The van der Waals surface area contributed by atoms with Gasteiger partial charge >= 0.3 is 0 Å². The minimum Gasteiger partial charge on any atom is -0.370 e. The molecule has 0 fully saturated rings. The fourth-order valence-corrected chi connectivity index (χ4v) is 3.48. The number of hydrogen-bond acceptors (Lipinski definition) is 5. The van der Waals surface area contributed by atoms with Gasteiger partial charge in [0.15, 0.2) is 0 Å². The number of rotatable bonds is 4. The zero-order chi connectivity index (χ0) is 14.8. The van der Waals surface area contributed by atoms with E-state index < -0.39 is 0 Å². The van der Waals surface area contributed by atoms with E-state index >= 15 is 0 Å². The zero-order valence-corrected chi connectivity index (χ0v) is 13.7. The molecule has 1 aliphatic heterocycles. The van der Waals surface area contributed by atoms with Crippen LogP contribution in [0.4, 0.5) is 11.6 Å². The van der Waals surface area contributed by atoms with Crippen molar-refractivity contribution >= 4 is 23.0 Å². The maximum atomic E-state index is 4.77. The van der Waals surface area contributed by atoms with E-state index in [1.54, 1.807) is 0 Å². The zero-order valence-electron chi connectivity index (χ0n) is 12.9. The Balaban J connectivity index is 1.91. The van der Waals surface area contributed by atoms with E-state index in [0.717, 1.165) is 43.5 Å². The van der Waals surface area contributed by atoms with E-state index in [4.69, 9.17) is 4.98 Å². The monoisotopic (exact) mass is 302 g/mol. The standard InChI is InChI=1S/C16H22N4S/c1-4-17-14-9-15(19-16(18-14)11(2)3)20-7-5-13-12(10-20)6-8-21-13/h6,8-9,11H,4-5,7,10H2,1-3H3,(H,17,18,19). The van der Waals surface area contributed by atoms with Crippen LogP contribution in [0.5, 0.6) is 0 Å². The van der Waals surface area contributed by atoms with E-state index in [0.29, 0.717) is 5.92 Å². The first-order valence-corrected chi connectivity index (χ1v) is 8.48. The summed E-state index contributed by atoms with van der Waals surface area (Å²) < 4.78 is 0. The highest BCUT2D eigenvalue weighted by atomic mass is 32.1. The molecule has 0 amide bonds. The number of nitrogens with one attached hydrogen (secondary N) is 1. The quantitative estimate of drug-likeness (QED) is 0.936. The first-order valence-electron chi connectivity index (χ1n) is 7.60. The first-order chi connectivity index (χ1) is 10.2. The van der Waals surface area contributed by atoms with Crippen LogP contribution in [0.3, 0.4) is 0 Å². The average molecular weight is 302 g/mol. The molecule has 112 valence electrons. The van der Waals surface area contributed by atoms with Crippen LogP contribution in [0.25, 0.3) is 0 Å². The van der Waals surface area contributed by atoms with Crippen LogP contribution in [0, 0.1) is 0 Å². The third-order valence-electron chi connectivity index (χ3n) is 3.74. The lowest BCUT2D eigenvalue weighted by molar-refractivity contribution is 0.711. The van der Waals surface area contributed by atoms with Crippen LogP contribution in [0.1, 0.15) is 43.0 Å². The van der Waals surface area contributed by atoms with Crippen LogP contribution in [0.2, 0.25) is 0 Å². The molecule has 0 unspecified atom stereocenters. The van der Waals surface area contributed by atoms with E-state index in [-0.39, 0.29) is 0 Å². The van der Waals surface area contributed by atoms with E-state index in [1.807, 2.05) is 11.3 Å². The fraction of sp³-hybridized carbons (Fsp3) is 0.500. The molecular weight excluding hydrogens is 280 g/mol. The van der Waals surface area contributed by atoms with E-state index in [2.05, 4.69) is 53.5 Å². The number of aromatic nitrogens is 2. The van der Waals surface area contributed by atoms with Gasteiger partial charge in [-0.3, -0.25) is 0 Å². The van der Waals surface area contributed by atoms with Crippen LogP contribution in [0.15, 0.2) is 17.5 Å². The molecule has 3 heterocycles. The fourth-order valence-electron chi connectivity index (χ4n) is 2.59. The van der Waals surface area contributed by atoms with Gasteiger partial charge in [0.25, 0.3) is 0 Å². The van der Waals surface area contributed by atoms with Crippen LogP contribution in [-0.4, -0.2) is 23.1 Å². The minimum absolute atomic E-state index is 0.337. The molecule has 2 aromatic heterocycles. The van der Waals surface area contributed by atoms with Crippen molar-refractivity contribution in [1.29, 1.82) is 0 Å². The normalized spacial score (nSPS) is 14.4. The Bertz CT molecular complexity index is 620. The van der Waals surface area contributed by atoms with Gasteiger partial charge in [0.05, 0.1) is 0 Å². The highest BCUT2D eigenvalue weighted by Gasteiger charge is 2.20. The van der Waals surface area contributed by atoms with Gasteiger partial charge in [-0.15, -0.1) is 11.3 Å². The maximum absolute atomic E-state index is 4.77. The lowest BCUT2D eigenvalue weighted by Crippen LogP contribution is -2.30. The highest BCUT2D eigenvalue weighted by Crippen LogP contribution is 2.28. The molecule has 5 heteroatoms. The molecular formula is C16H22N4S. The maximum Gasteiger partial charge on any atom is 0.135 e. The lowest BCUT2D eigenvalue weighted by Gasteiger charge is -2.28. The Morgan fingerprint density at radius 1 is 1.38 bits per heavy atom. The molecule has 0 aliphatic carbocycles. The second-order valence-electron chi connectivity index (χ2n) is 5.70. The SMILES string of the molecule is CCNc1cc(N2CCc3sccc3C2)nc(C(C)C)n1. The molecule has 2 aromatic rings. The van der Waals surface area contributed by atoms with Gasteiger partial charge in [0, 0.05) is 36.5 Å². The molecule has 21 heavy (non-hydrogen) atoms. The Kier molecular flexibility index (Phi) is 4.10. The summed E-state index contributed by atoms with van der Waals surface area (Å²) in [7, 11) is 0. The van der Waals surface area contributed by atoms with Gasteiger partial charge in [-0.2, -0.15) is 0 Å². The largest absolute Gasteiger partial charge is 0.370 e. The van der Waals surface area contributed by atoms with Crippen LogP contribution in [-0.2, 0) is 13.0 Å². The summed E-state index contributed by atoms with van der Waals surface area (Å²) in [6.07, 6.45) is 1.12. The van der Waals surface area contributed by atoms with Gasteiger partial charge in [0.2, 0.25) is 0 Å². The predicted octanol–water partition coefficient (Wildman–Crippen LogP) is 3.66. The third kappa shape index (κ3) is 3.02. The van der Waals surface area contributed by atoms with Crippen LogP contribution < -0.4 is 10.2 Å². The molecule has 4 nitrogen and oxygen atoms in total. The Hall–Kier alpha value is -1.62. The number of nitrogens with zero attached hydrogens (tertiary/aromatic N) is 3. The molecule has 0 aromatic carbocycles. The Morgan fingerprint density at radius 3 is 3.00 bits per heavy atom. The van der Waals surface area contributed by atoms with Crippen molar-refractivity contribution in [2.75, 3.05) is 23.3 Å². The van der Waals surface area contributed by atoms with Gasteiger partial charge in [-0.25, -0.2) is 9.97 Å². The number of hydrogen-bond donors (Lipinski definition) is 1. The van der Waals surface area contributed by atoms with Crippen molar-refractivity contribution in [2.45, 2.75) is 39.7 Å². The Morgan fingerprint density at radius 2 is 2.24 bits per heavy atom. The van der Waals surface area contributed by atoms with Crippen LogP contribution >= 0.6 is 11.3 Å². The second-order valence-corrected chi connectivity index (χ2v) is 6.70. The number of thiophene rings is 1. The lowest BCUT2D eigenvalue weighted by atomic mass is 10.1. The smallest absolute Gasteiger partial charge is 0.135 e. The number of fused-ring (bicyclic) bond motifs is 1. The van der Waals surface area contributed by atoms with Crippen molar-refractivity contribution in [3.63, 3.8) is 0 Å². The van der Waals surface area contributed by atoms with Crippen molar-refractivity contribution in [2.24, 2.45) is 0 Å². The summed E-state index contributed by atoms with van der Waals surface area (Å²) in [5, 5.41) is 5.51. The third-order valence-corrected chi connectivity index (χ3v) is 4.76. The molecule has 0 saturated heterocycles. The van der Waals surface area contributed by atoms with Crippen molar-refractivity contribution in [1.82, 2.24) is 9.97 Å². The highest BCUT2D eigenvalue weighted by molar-refractivity contribution is 7.10.